The molecule has 0 aliphatic rings. The Morgan fingerprint density at radius 3 is 1.79 bits per heavy atom. The Labute approximate surface area is 121 Å². The van der Waals surface area contributed by atoms with Crippen molar-refractivity contribution >= 4 is 15.6 Å². The maximum absolute atomic E-state index is 12.3. The highest BCUT2D eigenvalue weighted by Crippen LogP contribution is 2.23. The summed E-state index contributed by atoms with van der Waals surface area (Å²) in [7, 11) is -0.0366. The second-order valence-electron chi connectivity index (χ2n) is 7.75. The lowest BCUT2D eigenvalue weighted by molar-refractivity contribution is 0.125. The Balaban J connectivity index is 4.77. The highest BCUT2D eigenvalue weighted by Gasteiger charge is 2.28. The van der Waals surface area contributed by atoms with E-state index in [1.54, 1.807) is 6.26 Å². The van der Waals surface area contributed by atoms with E-state index in [2.05, 4.69) is 66.3 Å². The molecule has 3 nitrogen and oxygen atoms in total. The van der Waals surface area contributed by atoms with Crippen molar-refractivity contribution in [1.82, 2.24) is 9.21 Å². The molecule has 0 heterocycles. The third-order valence-electron chi connectivity index (χ3n) is 3.78. The average molecular weight is 291 g/mol. The Bertz CT molecular complexity index is 374. The molecule has 0 radical (unpaired) electrons. The van der Waals surface area contributed by atoms with Gasteiger partial charge in [-0.3, -0.25) is 4.21 Å². The molecule has 0 aliphatic heterocycles. The molecule has 0 amide bonds. The molecule has 116 valence electrons. The summed E-state index contributed by atoms with van der Waals surface area (Å²) in [5.41, 5.74) is 0.124. The second-order valence-corrected chi connectivity index (χ2v) is 10.1. The van der Waals surface area contributed by atoms with E-state index in [9.17, 15) is 4.21 Å². The minimum atomic E-state index is -2.17. The van der Waals surface area contributed by atoms with Crippen LogP contribution in [0.2, 0.25) is 0 Å². The minimum Gasteiger partial charge on any atom is -0.302 e. The molecule has 0 rings (SSSR count). The normalized spacial score (nSPS) is 18.7. The number of hydrogen-bond acceptors (Lipinski definition) is 2. The summed E-state index contributed by atoms with van der Waals surface area (Å²) in [4.78, 5) is 2.34. The van der Waals surface area contributed by atoms with Gasteiger partial charge in [0.25, 0.3) is 0 Å². The van der Waals surface area contributed by atoms with Gasteiger partial charge in [0.2, 0.25) is 0 Å². The van der Waals surface area contributed by atoms with Crippen molar-refractivity contribution in [3.8, 4) is 0 Å². The van der Waals surface area contributed by atoms with E-state index in [1.807, 2.05) is 4.31 Å². The molecule has 0 aromatic carbocycles. The molecule has 0 aromatic rings. The van der Waals surface area contributed by atoms with Gasteiger partial charge in [-0.15, -0.1) is 0 Å². The fourth-order valence-electron chi connectivity index (χ4n) is 2.21. The maximum Gasteiger partial charge on any atom is 0.0250 e. The Morgan fingerprint density at radius 1 is 1.11 bits per heavy atom. The quantitative estimate of drug-likeness (QED) is 0.727. The zero-order chi connectivity index (χ0) is 15.6. The van der Waals surface area contributed by atoms with Crippen molar-refractivity contribution < 1.29 is 4.21 Å². The van der Waals surface area contributed by atoms with Crippen LogP contribution in [-0.4, -0.2) is 57.3 Å². The van der Waals surface area contributed by atoms with Gasteiger partial charge in [-0.05, 0) is 46.0 Å². The highest BCUT2D eigenvalue weighted by molar-refractivity contribution is 7.97. The summed E-state index contributed by atoms with van der Waals surface area (Å²) in [6.07, 6.45) is 1.73. The molecule has 0 aromatic heterocycles. The molecule has 0 fully saturated rings. The summed E-state index contributed by atoms with van der Waals surface area (Å²) < 4.78 is 14.3. The fraction of sp³-hybridized carbons (Fsp3) is 0.933. The van der Waals surface area contributed by atoms with Crippen molar-refractivity contribution in [2.45, 2.75) is 60.0 Å². The summed E-state index contributed by atoms with van der Waals surface area (Å²) in [6, 6.07) is 0.479. The first-order valence-electron chi connectivity index (χ1n) is 6.97. The van der Waals surface area contributed by atoms with E-state index in [1.165, 1.54) is 0 Å². The van der Waals surface area contributed by atoms with Gasteiger partial charge in [0.1, 0.15) is 0 Å². The van der Waals surface area contributed by atoms with Crippen LogP contribution < -0.4 is 0 Å². The van der Waals surface area contributed by atoms with Crippen LogP contribution in [0, 0.1) is 5.41 Å². The van der Waals surface area contributed by atoms with Crippen molar-refractivity contribution in [3.05, 3.63) is 0 Å². The van der Waals surface area contributed by atoms with E-state index in [0.29, 0.717) is 6.04 Å². The molecule has 19 heavy (non-hydrogen) atoms. The maximum atomic E-state index is 12.3. The monoisotopic (exact) mass is 290 g/mol. The first-order chi connectivity index (χ1) is 8.17. The Kier molecular flexibility index (Phi) is 6.13. The minimum absolute atomic E-state index is 0.126. The van der Waals surface area contributed by atoms with E-state index >= 15 is 0 Å². The third-order valence-corrected chi connectivity index (χ3v) is 5.45. The topological polar surface area (TPSA) is 23.6 Å². The molecule has 0 spiro atoms. The van der Waals surface area contributed by atoms with Crippen LogP contribution in [0.5, 0.6) is 0 Å². The molecular weight excluding hydrogens is 256 g/mol. The van der Waals surface area contributed by atoms with Crippen molar-refractivity contribution in [3.63, 3.8) is 0 Å². The van der Waals surface area contributed by atoms with Gasteiger partial charge in [0, 0.05) is 40.6 Å². The van der Waals surface area contributed by atoms with Crippen molar-refractivity contribution in [1.29, 1.82) is 0 Å². The van der Waals surface area contributed by atoms with Crippen LogP contribution in [0.4, 0.5) is 0 Å². The summed E-state index contributed by atoms with van der Waals surface area (Å²) in [5, 5.41) is 0. The summed E-state index contributed by atoms with van der Waals surface area (Å²) >= 11 is 0. The van der Waals surface area contributed by atoms with Gasteiger partial charge in [0.05, 0.1) is 0 Å². The molecule has 4 heteroatoms. The lowest BCUT2D eigenvalue weighted by Gasteiger charge is -2.40. The molecular formula is C15H34N2OS. The molecule has 0 N–H and O–H groups in total. The molecule has 0 saturated carbocycles. The predicted octanol–water partition coefficient (Wildman–Crippen LogP) is 2.71. The smallest absolute Gasteiger partial charge is 0.0250 e. The third kappa shape index (κ3) is 6.28. The number of rotatable bonds is 5. The fourth-order valence-corrected chi connectivity index (χ4v) is 3.84. The molecule has 0 bridgehead atoms. The van der Waals surface area contributed by atoms with Gasteiger partial charge < -0.3 is 4.90 Å². The standard InChI is InChI=1S/C15H34N2OS/c1-13(14(2,3)4)16(8)11-12-17(15(5,6)7)19(9,10)18/h13H,9,11-12H2,1-8,10H3/t13-,19?/m0/s1. The van der Waals surface area contributed by atoms with Crippen LogP contribution >= 0.6 is 0 Å². The summed E-state index contributed by atoms with van der Waals surface area (Å²) in [5.74, 6) is 3.84. The molecule has 0 saturated heterocycles. The van der Waals surface area contributed by atoms with E-state index in [4.69, 9.17) is 0 Å². The van der Waals surface area contributed by atoms with Gasteiger partial charge >= 0.3 is 0 Å². The van der Waals surface area contributed by atoms with E-state index in [0.717, 1.165) is 13.1 Å². The lowest BCUT2D eigenvalue weighted by Crippen LogP contribution is -2.50. The van der Waals surface area contributed by atoms with Crippen LogP contribution in [0.1, 0.15) is 48.5 Å². The number of nitrogens with zero attached hydrogens (tertiary/aromatic N) is 2. The number of likely N-dealkylation sites (N-methyl/N-ethyl adjacent to an activating group) is 1. The zero-order valence-electron chi connectivity index (χ0n) is 14.4. The van der Waals surface area contributed by atoms with Gasteiger partial charge in [0.15, 0.2) is 0 Å². The Morgan fingerprint density at radius 2 is 1.53 bits per heavy atom. The van der Waals surface area contributed by atoms with Crippen molar-refractivity contribution in [2.75, 3.05) is 26.4 Å². The lowest BCUT2D eigenvalue weighted by atomic mass is 9.87. The zero-order valence-corrected chi connectivity index (χ0v) is 15.2. The molecule has 2 atom stereocenters. The molecule has 1 unspecified atom stereocenters. The number of hydrogen-bond donors (Lipinski definition) is 0. The van der Waals surface area contributed by atoms with Crippen LogP contribution in [0.15, 0.2) is 0 Å². The van der Waals surface area contributed by atoms with Crippen LogP contribution in [-0.2, 0) is 9.71 Å². The van der Waals surface area contributed by atoms with Crippen LogP contribution in [0.25, 0.3) is 0 Å². The molecule has 0 aliphatic carbocycles. The van der Waals surface area contributed by atoms with Gasteiger partial charge in [-0.25, -0.2) is 4.31 Å². The summed E-state index contributed by atoms with van der Waals surface area (Å²) in [6.45, 7) is 16.9. The first-order valence-corrected chi connectivity index (χ1v) is 9.07. The van der Waals surface area contributed by atoms with Crippen LogP contribution in [0.3, 0.4) is 0 Å². The SMILES string of the molecule is C=S(C)(=O)N(CCN(C)[C@@H](C)C(C)(C)C)C(C)(C)C. The van der Waals surface area contributed by atoms with Crippen molar-refractivity contribution in [2.24, 2.45) is 5.41 Å². The van der Waals surface area contributed by atoms with Gasteiger partial charge in [-0.2, -0.15) is 0 Å². The van der Waals surface area contributed by atoms with E-state index in [-0.39, 0.29) is 11.0 Å². The predicted molar refractivity (Wildman–Crippen MR) is 89.2 cm³/mol. The largest absolute Gasteiger partial charge is 0.302 e. The average Bonchev–Trinajstić information content (AvgIpc) is 2.10. The van der Waals surface area contributed by atoms with Gasteiger partial charge in [-0.1, -0.05) is 20.8 Å². The second kappa shape index (κ2) is 6.15. The van der Waals surface area contributed by atoms with E-state index < -0.39 is 9.71 Å². The highest BCUT2D eigenvalue weighted by atomic mass is 32.2. The first kappa shape index (κ1) is 18.9. The Hall–Kier alpha value is -0.0600.